The fourth-order valence-corrected chi connectivity index (χ4v) is 5.08. The number of carbonyl (C=O) groups is 2. The van der Waals surface area contributed by atoms with Crippen molar-refractivity contribution in [1.82, 2.24) is 20.2 Å². The third-order valence-electron chi connectivity index (χ3n) is 6.09. The molecule has 1 unspecified atom stereocenters. The number of thioether (sulfide) groups is 1. The van der Waals surface area contributed by atoms with Crippen LogP contribution in [0.15, 0.2) is 78.0 Å². The molecule has 15 heteroatoms. The van der Waals surface area contributed by atoms with Crippen molar-refractivity contribution in [3.63, 3.8) is 0 Å². The Hall–Kier alpha value is -4.40. The zero-order chi connectivity index (χ0) is 30.7. The number of alkyl halides is 3. The van der Waals surface area contributed by atoms with Gasteiger partial charge in [-0.3, -0.25) is 14.5 Å². The molecule has 1 saturated heterocycles. The number of amides is 3. The summed E-state index contributed by atoms with van der Waals surface area (Å²) in [5, 5.41) is 4.93. The van der Waals surface area contributed by atoms with Gasteiger partial charge in [-0.1, -0.05) is 53.7 Å². The number of ether oxygens (including phenoxy) is 1. The number of urea groups is 1. The van der Waals surface area contributed by atoms with Crippen LogP contribution in [0.1, 0.15) is 24.2 Å². The number of benzene rings is 3. The topological polar surface area (TPSA) is 111 Å². The molecule has 3 aromatic carbocycles. The molecule has 0 saturated carbocycles. The number of aryl methyl sites for hydroxylation is 1. The first-order chi connectivity index (χ1) is 20.5. The molecule has 0 aliphatic carbocycles. The molecule has 0 radical (unpaired) electrons. The highest BCUT2D eigenvalue weighted by atomic mass is 35.5. The highest BCUT2D eigenvalue weighted by Crippen LogP contribution is 2.33. The van der Waals surface area contributed by atoms with E-state index in [1.807, 2.05) is 13.0 Å². The molecule has 4 aromatic rings. The number of halogens is 4. The molecule has 222 valence electrons. The van der Waals surface area contributed by atoms with Gasteiger partial charge in [0.15, 0.2) is 11.0 Å². The molecule has 1 atom stereocenters. The standard InChI is InChI=1S/C28H22ClF3N6O4S/c1-16-3-12-22(29)23(13-16)38-24(39)14-43-27(38)34-26(40)36-42-17(2)18-4-6-19(7-5-18)25-33-15-37(35-25)20-8-10-21(11-9-20)41-28(30,31)32/h3-13,15,17H,14H2,1-2H3,(H,36,40). The second kappa shape index (κ2) is 12.5. The lowest BCUT2D eigenvalue weighted by Gasteiger charge is -2.18. The average molecular weight is 631 g/mol. The van der Waals surface area contributed by atoms with E-state index in [1.165, 1.54) is 40.2 Å². The van der Waals surface area contributed by atoms with Crippen LogP contribution in [-0.2, 0) is 9.63 Å². The van der Waals surface area contributed by atoms with E-state index in [-0.39, 0.29) is 22.6 Å². The largest absolute Gasteiger partial charge is 0.573 e. The van der Waals surface area contributed by atoms with Crippen LogP contribution in [0.3, 0.4) is 0 Å². The Morgan fingerprint density at radius 3 is 2.53 bits per heavy atom. The summed E-state index contributed by atoms with van der Waals surface area (Å²) in [5.74, 6) is -0.0715. The normalized spacial score (nSPS) is 15.2. The summed E-state index contributed by atoms with van der Waals surface area (Å²) in [4.78, 5) is 40.1. The van der Waals surface area contributed by atoms with Crippen molar-refractivity contribution >= 4 is 46.2 Å². The van der Waals surface area contributed by atoms with E-state index in [4.69, 9.17) is 16.4 Å². The Morgan fingerprint density at radius 1 is 1.12 bits per heavy atom. The monoisotopic (exact) mass is 630 g/mol. The van der Waals surface area contributed by atoms with Crippen molar-refractivity contribution in [2.45, 2.75) is 26.3 Å². The van der Waals surface area contributed by atoms with Gasteiger partial charge in [0.1, 0.15) is 18.2 Å². The summed E-state index contributed by atoms with van der Waals surface area (Å²) in [7, 11) is 0. The number of nitrogens with one attached hydrogen (secondary N) is 1. The Kier molecular flexibility index (Phi) is 8.71. The van der Waals surface area contributed by atoms with Gasteiger partial charge in [0.05, 0.1) is 22.2 Å². The summed E-state index contributed by atoms with van der Waals surface area (Å²) in [5.41, 5.74) is 5.55. The molecular weight excluding hydrogens is 609 g/mol. The molecule has 0 spiro atoms. The Morgan fingerprint density at radius 2 is 1.84 bits per heavy atom. The van der Waals surface area contributed by atoms with Crippen LogP contribution in [0, 0.1) is 6.92 Å². The SMILES string of the molecule is Cc1ccc(Cl)c(N2C(=O)CSC2=NC(=O)NOC(C)c2ccc(-c3ncn(-c4ccc(OC(F)(F)F)cc4)n3)cc2)c1. The smallest absolute Gasteiger partial charge is 0.406 e. The van der Waals surface area contributed by atoms with E-state index in [0.717, 1.165) is 22.9 Å². The van der Waals surface area contributed by atoms with Gasteiger partial charge in [-0.25, -0.2) is 19.9 Å². The molecule has 3 amide bonds. The van der Waals surface area contributed by atoms with Gasteiger partial charge < -0.3 is 4.74 Å². The van der Waals surface area contributed by atoms with Gasteiger partial charge in [-0.2, -0.15) is 4.99 Å². The van der Waals surface area contributed by atoms with Crippen LogP contribution in [0.2, 0.25) is 5.02 Å². The first-order valence-corrected chi connectivity index (χ1v) is 14.0. The number of amidine groups is 1. The van der Waals surface area contributed by atoms with Gasteiger partial charge >= 0.3 is 12.4 Å². The first-order valence-electron chi connectivity index (χ1n) is 12.6. The Bertz CT molecular complexity index is 1680. The van der Waals surface area contributed by atoms with E-state index >= 15 is 0 Å². The number of hydroxylamine groups is 1. The zero-order valence-corrected chi connectivity index (χ0v) is 24.1. The van der Waals surface area contributed by atoms with Crippen molar-refractivity contribution in [2.24, 2.45) is 4.99 Å². The van der Waals surface area contributed by atoms with E-state index in [2.05, 4.69) is 25.3 Å². The number of hydrogen-bond donors (Lipinski definition) is 1. The molecule has 2 heterocycles. The molecule has 1 aliphatic heterocycles. The number of hydrogen-bond acceptors (Lipinski definition) is 7. The number of rotatable bonds is 7. The minimum atomic E-state index is -4.77. The molecule has 5 rings (SSSR count). The first kappa shape index (κ1) is 30.1. The summed E-state index contributed by atoms with van der Waals surface area (Å²) in [6.45, 7) is 3.60. The van der Waals surface area contributed by atoms with Crippen LogP contribution in [-0.4, -0.2) is 44.0 Å². The van der Waals surface area contributed by atoms with Crippen LogP contribution >= 0.6 is 23.4 Å². The molecule has 1 aromatic heterocycles. The second-order valence-electron chi connectivity index (χ2n) is 9.21. The van der Waals surface area contributed by atoms with Crippen LogP contribution in [0.4, 0.5) is 23.7 Å². The van der Waals surface area contributed by atoms with Crippen molar-refractivity contribution < 1.29 is 32.3 Å². The molecule has 43 heavy (non-hydrogen) atoms. The van der Waals surface area contributed by atoms with Crippen LogP contribution < -0.4 is 15.1 Å². The molecule has 10 nitrogen and oxygen atoms in total. The van der Waals surface area contributed by atoms with Gasteiger partial charge in [-0.15, -0.1) is 18.3 Å². The maximum atomic E-state index is 12.5. The number of nitrogens with zero attached hydrogens (tertiary/aromatic N) is 5. The number of aromatic nitrogens is 3. The Labute approximate surface area is 252 Å². The molecule has 0 bridgehead atoms. The highest BCUT2D eigenvalue weighted by Gasteiger charge is 2.32. The molecular formula is C28H22ClF3N6O4S. The fourth-order valence-electron chi connectivity index (χ4n) is 4.02. The number of aliphatic imine (C=N–C) groups is 1. The van der Waals surface area contributed by atoms with Crippen molar-refractivity contribution in [1.29, 1.82) is 0 Å². The quantitative estimate of drug-likeness (QED) is 0.228. The third-order valence-corrected chi connectivity index (χ3v) is 7.34. The second-order valence-corrected chi connectivity index (χ2v) is 10.6. The van der Waals surface area contributed by atoms with Gasteiger partial charge in [0.2, 0.25) is 5.91 Å². The lowest BCUT2D eigenvalue weighted by Crippen LogP contribution is -2.31. The van der Waals surface area contributed by atoms with Crippen molar-refractivity contribution in [3.8, 4) is 22.8 Å². The predicted molar refractivity (Wildman–Crippen MR) is 155 cm³/mol. The fraction of sp³-hybridized carbons (Fsp3) is 0.179. The predicted octanol–water partition coefficient (Wildman–Crippen LogP) is 6.63. The van der Waals surface area contributed by atoms with Gasteiger partial charge in [0, 0.05) is 5.56 Å². The molecule has 1 aliphatic rings. The maximum Gasteiger partial charge on any atom is 0.573 e. The highest BCUT2D eigenvalue weighted by molar-refractivity contribution is 8.15. The van der Waals surface area contributed by atoms with E-state index in [0.29, 0.717) is 27.8 Å². The zero-order valence-electron chi connectivity index (χ0n) is 22.5. The maximum absolute atomic E-state index is 12.5. The number of carbonyl (C=O) groups excluding carboxylic acids is 2. The van der Waals surface area contributed by atoms with Crippen molar-refractivity contribution in [3.05, 3.63) is 89.2 Å². The summed E-state index contributed by atoms with van der Waals surface area (Å²) >= 11 is 7.41. The molecule has 1 N–H and O–H groups in total. The minimum Gasteiger partial charge on any atom is -0.406 e. The van der Waals surface area contributed by atoms with Gasteiger partial charge in [-0.05, 0) is 61.4 Å². The van der Waals surface area contributed by atoms with Crippen molar-refractivity contribution in [2.75, 3.05) is 10.7 Å². The van der Waals surface area contributed by atoms with Crippen LogP contribution in [0.5, 0.6) is 5.75 Å². The Balaban J connectivity index is 1.19. The third kappa shape index (κ3) is 7.34. The average Bonchev–Trinajstić information content (AvgIpc) is 3.60. The van der Waals surface area contributed by atoms with E-state index in [9.17, 15) is 22.8 Å². The van der Waals surface area contributed by atoms with E-state index in [1.54, 1.807) is 43.3 Å². The minimum absolute atomic E-state index is 0.121. The van der Waals surface area contributed by atoms with Gasteiger partial charge in [0.25, 0.3) is 0 Å². The lowest BCUT2D eigenvalue weighted by atomic mass is 10.1. The summed E-state index contributed by atoms with van der Waals surface area (Å²) in [6.07, 6.45) is -3.89. The van der Waals surface area contributed by atoms with Crippen LogP contribution in [0.25, 0.3) is 17.1 Å². The molecule has 1 fully saturated rings. The summed E-state index contributed by atoms with van der Waals surface area (Å²) < 4.78 is 42.5. The number of anilines is 1. The lowest BCUT2D eigenvalue weighted by molar-refractivity contribution is -0.274. The van der Waals surface area contributed by atoms with E-state index < -0.39 is 18.5 Å². The summed E-state index contributed by atoms with van der Waals surface area (Å²) in [6, 6.07) is 16.8.